The van der Waals surface area contributed by atoms with Crippen LogP contribution in [0, 0.1) is 0 Å². The number of carbonyl (C=O) groups excluding carboxylic acids is 1. The number of rotatable bonds is 4. The second kappa shape index (κ2) is 7.91. The van der Waals surface area contributed by atoms with Crippen molar-refractivity contribution in [3.63, 3.8) is 0 Å². The van der Waals surface area contributed by atoms with Crippen LogP contribution in [0.2, 0.25) is 0 Å². The molecule has 0 aliphatic carbocycles. The minimum atomic E-state index is -1.58. The average molecular weight is 211 g/mol. The molecule has 0 aromatic rings. The summed E-state index contributed by atoms with van der Waals surface area (Å²) in [6.45, 7) is 1.47. The number of likely N-dealkylation sites (N-methyl/N-ethyl adjacent to an activating group) is 1. The van der Waals surface area contributed by atoms with Gasteiger partial charge in [0, 0.05) is 0 Å². The van der Waals surface area contributed by atoms with E-state index in [4.69, 9.17) is 9.90 Å². The normalized spacial score (nSPS) is 10.4. The number of amides is 1. The largest absolute Gasteiger partial charge is 0.530 e. The van der Waals surface area contributed by atoms with Crippen molar-refractivity contribution < 1.29 is 23.5 Å². The summed E-state index contributed by atoms with van der Waals surface area (Å²) in [6, 6.07) is 0. The second-order valence-electron chi connectivity index (χ2n) is 3.26. The van der Waals surface area contributed by atoms with E-state index in [9.17, 15) is 4.57 Å². The van der Waals surface area contributed by atoms with Crippen LogP contribution in [0.5, 0.6) is 0 Å². The van der Waals surface area contributed by atoms with Crippen molar-refractivity contribution in [1.29, 1.82) is 0 Å². The molecule has 0 saturated heterocycles. The summed E-state index contributed by atoms with van der Waals surface area (Å²) in [7, 11) is 5.58. The number of hydrogen-bond acceptors (Lipinski definition) is 4. The molecular formula is C6H16N2O4P+. The lowest BCUT2D eigenvalue weighted by Crippen LogP contribution is -2.37. The maximum Gasteiger partial charge on any atom is 0.494 e. The summed E-state index contributed by atoms with van der Waals surface area (Å²) in [4.78, 5) is 8.67. The molecule has 0 aliphatic heterocycles. The van der Waals surface area contributed by atoms with Crippen molar-refractivity contribution in [2.24, 2.45) is 5.73 Å². The molecule has 0 radical (unpaired) electrons. The van der Waals surface area contributed by atoms with Crippen molar-refractivity contribution in [2.45, 2.75) is 0 Å². The van der Waals surface area contributed by atoms with Gasteiger partial charge in [0.15, 0.2) is 6.61 Å². The molecule has 0 saturated carbocycles. The van der Waals surface area contributed by atoms with Crippen LogP contribution in [0.15, 0.2) is 0 Å². The van der Waals surface area contributed by atoms with E-state index in [2.05, 4.69) is 31.4 Å². The Hall–Kier alpha value is -0.710. The van der Waals surface area contributed by atoms with Crippen molar-refractivity contribution in [3.05, 3.63) is 0 Å². The Morgan fingerprint density at radius 3 is 2.15 bits per heavy atom. The van der Waals surface area contributed by atoms with E-state index >= 15 is 0 Å². The molecule has 2 N–H and O–H groups in total. The van der Waals surface area contributed by atoms with Crippen LogP contribution in [0.4, 0.5) is 4.79 Å². The van der Waals surface area contributed by atoms with E-state index in [1.54, 1.807) is 0 Å². The van der Waals surface area contributed by atoms with Crippen LogP contribution in [0.1, 0.15) is 0 Å². The third-order valence-electron chi connectivity index (χ3n) is 0.923. The number of carbonyl (C=O) groups is 1. The Bertz CT molecular complexity index is 153. The van der Waals surface area contributed by atoms with Crippen LogP contribution in [-0.2, 0) is 9.09 Å². The predicted octanol–water partition coefficient (Wildman–Crippen LogP) is -1.06. The molecule has 78 valence electrons. The standard InChI is InChI=1S/C5H14NO2P.CH3NO2/c1-6(2,3)4-5-8-9-7;2-1(3)4/h9H,4-5H2,1-3H3;2H2,(H,3,4)/q+2;/p-1. The molecule has 7 heteroatoms. The zero-order valence-corrected chi connectivity index (χ0v) is 9.07. The summed E-state index contributed by atoms with van der Waals surface area (Å²) in [5.74, 6) is 0. The van der Waals surface area contributed by atoms with Crippen molar-refractivity contribution in [2.75, 3.05) is 34.3 Å². The first-order valence-corrected chi connectivity index (χ1v) is 4.37. The molecule has 0 rings (SSSR count). The Labute approximate surface area is 79.2 Å². The lowest BCUT2D eigenvalue weighted by Gasteiger charge is -2.21. The summed E-state index contributed by atoms with van der Waals surface area (Å²) < 4.78 is 15.3. The van der Waals surface area contributed by atoms with Crippen LogP contribution < -0.4 is 10.8 Å². The summed E-state index contributed by atoms with van der Waals surface area (Å²) in [5, 5.41) is 8.67. The van der Waals surface area contributed by atoms with E-state index < -0.39 is 14.8 Å². The highest BCUT2D eigenvalue weighted by Gasteiger charge is 2.06. The van der Waals surface area contributed by atoms with E-state index in [-0.39, 0.29) is 0 Å². The maximum absolute atomic E-state index is 9.81. The number of primary amides is 1. The van der Waals surface area contributed by atoms with Gasteiger partial charge in [-0.1, -0.05) is 0 Å². The molecule has 1 atom stereocenters. The fourth-order valence-corrected chi connectivity index (χ4v) is 0.536. The summed E-state index contributed by atoms with van der Waals surface area (Å²) >= 11 is 0. The molecule has 13 heavy (non-hydrogen) atoms. The lowest BCUT2D eigenvalue weighted by atomic mass is 10.5. The van der Waals surface area contributed by atoms with Gasteiger partial charge in [0.05, 0.1) is 21.1 Å². The van der Waals surface area contributed by atoms with Crippen LogP contribution >= 0.6 is 8.69 Å². The maximum atomic E-state index is 9.81. The highest BCUT2D eigenvalue weighted by Crippen LogP contribution is 1.96. The highest BCUT2D eigenvalue weighted by molar-refractivity contribution is 7.17. The SMILES string of the molecule is C[N+](C)(C)CCO[PH+]=O.NC(=O)[O-]. The van der Waals surface area contributed by atoms with Gasteiger partial charge in [-0.2, -0.15) is 0 Å². The topological polar surface area (TPSA) is 92.5 Å². The number of quaternary nitrogens is 1. The van der Waals surface area contributed by atoms with Crippen molar-refractivity contribution in [3.8, 4) is 0 Å². The fraction of sp³-hybridized carbons (Fsp3) is 0.833. The zero-order chi connectivity index (χ0) is 10.9. The summed E-state index contributed by atoms with van der Waals surface area (Å²) in [5.41, 5.74) is 3.92. The quantitative estimate of drug-likeness (QED) is 0.364. The molecule has 0 fully saturated rings. The first-order valence-electron chi connectivity index (χ1n) is 3.55. The van der Waals surface area contributed by atoms with Crippen molar-refractivity contribution >= 4 is 14.8 Å². The van der Waals surface area contributed by atoms with Crippen LogP contribution in [0.3, 0.4) is 0 Å². The van der Waals surface area contributed by atoms with Gasteiger partial charge in [-0.25, -0.2) is 0 Å². The van der Waals surface area contributed by atoms with Gasteiger partial charge in [-0.05, 0) is 4.57 Å². The molecule has 1 unspecified atom stereocenters. The molecular weight excluding hydrogens is 195 g/mol. The lowest BCUT2D eigenvalue weighted by molar-refractivity contribution is -0.870. The van der Waals surface area contributed by atoms with Crippen LogP contribution in [-0.4, -0.2) is 44.9 Å². The molecule has 6 nitrogen and oxygen atoms in total. The number of carboxylic acid groups (broad SMARTS) is 1. The van der Waals surface area contributed by atoms with Crippen LogP contribution in [0.25, 0.3) is 0 Å². The number of nitrogens with zero attached hydrogens (tertiary/aromatic N) is 1. The van der Waals surface area contributed by atoms with Gasteiger partial charge in [0.25, 0.3) is 0 Å². The van der Waals surface area contributed by atoms with E-state index in [1.807, 2.05) is 0 Å². The number of hydrogen-bond donors (Lipinski definition) is 1. The van der Waals surface area contributed by atoms with Gasteiger partial charge in [0.2, 0.25) is 0 Å². The average Bonchev–Trinajstić information content (AvgIpc) is 1.83. The third-order valence-corrected chi connectivity index (χ3v) is 1.25. The van der Waals surface area contributed by atoms with E-state index in [0.717, 1.165) is 11.0 Å². The molecule has 0 spiro atoms. The van der Waals surface area contributed by atoms with Gasteiger partial charge in [-0.15, -0.1) is 4.52 Å². The zero-order valence-electron chi connectivity index (χ0n) is 8.07. The van der Waals surface area contributed by atoms with Gasteiger partial charge in [-0.3, -0.25) is 0 Å². The molecule has 0 aromatic heterocycles. The minimum Gasteiger partial charge on any atom is -0.530 e. The van der Waals surface area contributed by atoms with Gasteiger partial charge in [0.1, 0.15) is 12.6 Å². The minimum absolute atomic E-state index is 0.575. The Morgan fingerprint density at radius 2 is 1.92 bits per heavy atom. The van der Waals surface area contributed by atoms with Gasteiger partial charge >= 0.3 is 8.69 Å². The molecule has 0 aliphatic rings. The third kappa shape index (κ3) is 34.8. The van der Waals surface area contributed by atoms with Crippen molar-refractivity contribution in [1.82, 2.24) is 0 Å². The molecule has 0 heterocycles. The Kier molecular flexibility index (Phi) is 9.01. The predicted molar refractivity (Wildman–Crippen MR) is 47.4 cm³/mol. The number of nitrogens with two attached hydrogens (primary N) is 1. The monoisotopic (exact) mass is 211 g/mol. The molecule has 1 amide bonds. The Balaban J connectivity index is 0. The highest BCUT2D eigenvalue weighted by atomic mass is 31.1. The van der Waals surface area contributed by atoms with Gasteiger partial charge < -0.3 is 20.1 Å². The fourth-order valence-electron chi connectivity index (χ4n) is 0.361. The molecule has 0 aromatic carbocycles. The Morgan fingerprint density at radius 1 is 1.54 bits per heavy atom. The second-order valence-corrected chi connectivity index (χ2v) is 3.72. The first-order chi connectivity index (χ1) is 5.79. The smallest absolute Gasteiger partial charge is 0.494 e. The molecule has 0 bridgehead atoms. The van der Waals surface area contributed by atoms with E-state index in [1.165, 1.54) is 0 Å². The first kappa shape index (κ1) is 14.8. The van der Waals surface area contributed by atoms with E-state index in [0.29, 0.717) is 6.61 Å². The summed E-state index contributed by atoms with van der Waals surface area (Å²) in [6.07, 6.45) is -1.58.